The van der Waals surface area contributed by atoms with Crippen molar-refractivity contribution in [3.63, 3.8) is 0 Å². The SMILES string of the molecule is CC1(C)CC1C(NN)c1ccco1. The van der Waals surface area contributed by atoms with Gasteiger partial charge in [-0.1, -0.05) is 13.8 Å². The molecule has 72 valence electrons. The molecular formula is C10H16N2O. The van der Waals surface area contributed by atoms with Gasteiger partial charge < -0.3 is 4.42 Å². The van der Waals surface area contributed by atoms with E-state index < -0.39 is 0 Å². The molecule has 0 bridgehead atoms. The lowest BCUT2D eigenvalue weighted by Gasteiger charge is -2.14. The van der Waals surface area contributed by atoms with Gasteiger partial charge in [0, 0.05) is 0 Å². The van der Waals surface area contributed by atoms with Gasteiger partial charge >= 0.3 is 0 Å². The molecule has 1 saturated carbocycles. The average Bonchev–Trinajstić information content (AvgIpc) is 2.55. The lowest BCUT2D eigenvalue weighted by Crippen LogP contribution is -2.30. The number of furan rings is 1. The maximum atomic E-state index is 5.52. The minimum absolute atomic E-state index is 0.171. The monoisotopic (exact) mass is 180 g/mol. The third kappa shape index (κ3) is 1.49. The van der Waals surface area contributed by atoms with Crippen LogP contribution in [0.2, 0.25) is 0 Å². The minimum Gasteiger partial charge on any atom is -0.468 e. The van der Waals surface area contributed by atoms with Gasteiger partial charge in [0.25, 0.3) is 0 Å². The molecule has 1 heterocycles. The number of nitrogens with two attached hydrogens (primary N) is 1. The number of hydrazine groups is 1. The van der Waals surface area contributed by atoms with Crippen LogP contribution >= 0.6 is 0 Å². The zero-order valence-corrected chi connectivity index (χ0v) is 8.08. The second-order valence-electron chi connectivity index (χ2n) is 4.46. The van der Waals surface area contributed by atoms with Crippen LogP contribution in [0, 0.1) is 11.3 Å². The van der Waals surface area contributed by atoms with Crippen LogP contribution in [-0.4, -0.2) is 0 Å². The smallest absolute Gasteiger partial charge is 0.122 e. The van der Waals surface area contributed by atoms with Crippen molar-refractivity contribution in [1.29, 1.82) is 0 Å². The summed E-state index contributed by atoms with van der Waals surface area (Å²) in [5.74, 6) is 7.06. The minimum atomic E-state index is 0.171. The van der Waals surface area contributed by atoms with Crippen LogP contribution < -0.4 is 11.3 Å². The van der Waals surface area contributed by atoms with Crippen LogP contribution in [0.1, 0.15) is 32.1 Å². The largest absolute Gasteiger partial charge is 0.468 e. The van der Waals surface area contributed by atoms with E-state index in [4.69, 9.17) is 10.3 Å². The molecule has 13 heavy (non-hydrogen) atoms. The molecule has 3 N–H and O–H groups in total. The fraction of sp³-hybridized carbons (Fsp3) is 0.600. The molecule has 1 aromatic heterocycles. The summed E-state index contributed by atoms with van der Waals surface area (Å²) in [5, 5.41) is 0. The van der Waals surface area contributed by atoms with Crippen LogP contribution in [0.5, 0.6) is 0 Å². The molecule has 1 aliphatic rings. The first kappa shape index (κ1) is 8.78. The molecule has 0 aromatic carbocycles. The molecule has 0 saturated heterocycles. The molecule has 0 amide bonds. The number of hydrogen-bond donors (Lipinski definition) is 2. The van der Waals surface area contributed by atoms with Gasteiger partial charge in [-0.3, -0.25) is 5.84 Å². The van der Waals surface area contributed by atoms with Gasteiger partial charge in [-0.2, -0.15) is 0 Å². The van der Waals surface area contributed by atoms with Crippen LogP contribution in [-0.2, 0) is 0 Å². The van der Waals surface area contributed by atoms with E-state index >= 15 is 0 Å². The van der Waals surface area contributed by atoms with Gasteiger partial charge in [-0.15, -0.1) is 0 Å². The lowest BCUT2D eigenvalue weighted by molar-refractivity contribution is 0.354. The Labute approximate surface area is 78.3 Å². The molecule has 1 aliphatic carbocycles. The van der Waals surface area contributed by atoms with Crippen molar-refractivity contribution in [2.45, 2.75) is 26.3 Å². The van der Waals surface area contributed by atoms with E-state index in [0.717, 1.165) is 5.76 Å². The topological polar surface area (TPSA) is 51.2 Å². The standard InChI is InChI=1S/C10H16N2O/c1-10(2)6-7(10)9(12-11)8-4-3-5-13-8/h3-5,7,9,12H,6,11H2,1-2H3. The fourth-order valence-electron chi connectivity index (χ4n) is 1.94. The van der Waals surface area contributed by atoms with Gasteiger partial charge in [-0.25, -0.2) is 5.43 Å². The van der Waals surface area contributed by atoms with Crippen molar-refractivity contribution in [2.24, 2.45) is 17.2 Å². The summed E-state index contributed by atoms with van der Waals surface area (Å²) in [6, 6.07) is 4.04. The predicted molar refractivity (Wildman–Crippen MR) is 50.7 cm³/mol. The quantitative estimate of drug-likeness (QED) is 0.551. The fourth-order valence-corrected chi connectivity index (χ4v) is 1.94. The summed E-state index contributed by atoms with van der Waals surface area (Å²) >= 11 is 0. The van der Waals surface area contributed by atoms with Crippen molar-refractivity contribution in [2.75, 3.05) is 0 Å². The van der Waals surface area contributed by atoms with Crippen LogP contribution in [0.3, 0.4) is 0 Å². The van der Waals surface area contributed by atoms with E-state index in [1.807, 2.05) is 12.1 Å². The van der Waals surface area contributed by atoms with Crippen molar-refractivity contribution < 1.29 is 4.42 Å². The Morgan fingerprint density at radius 2 is 2.38 bits per heavy atom. The van der Waals surface area contributed by atoms with Gasteiger partial charge in [0.15, 0.2) is 0 Å². The summed E-state index contributed by atoms with van der Waals surface area (Å²) in [6.07, 6.45) is 2.90. The molecule has 2 unspecified atom stereocenters. The molecule has 2 atom stereocenters. The van der Waals surface area contributed by atoms with E-state index in [0.29, 0.717) is 11.3 Å². The molecule has 3 heteroatoms. The molecule has 0 spiro atoms. The first-order valence-electron chi connectivity index (χ1n) is 4.65. The van der Waals surface area contributed by atoms with E-state index in [-0.39, 0.29) is 6.04 Å². The number of rotatable bonds is 3. The Morgan fingerprint density at radius 1 is 1.69 bits per heavy atom. The highest BCUT2D eigenvalue weighted by Gasteiger charge is 2.51. The summed E-state index contributed by atoms with van der Waals surface area (Å²) in [6.45, 7) is 4.51. The van der Waals surface area contributed by atoms with Gasteiger partial charge in [0.05, 0.1) is 12.3 Å². The molecule has 1 fully saturated rings. The second-order valence-corrected chi connectivity index (χ2v) is 4.46. The Balaban J connectivity index is 2.12. The molecule has 0 aliphatic heterocycles. The Hall–Kier alpha value is -0.800. The highest BCUT2D eigenvalue weighted by Crippen LogP contribution is 2.57. The Morgan fingerprint density at radius 3 is 2.77 bits per heavy atom. The zero-order chi connectivity index (χ0) is 9.47. The summed E-state index contributed by atoms with van der Waals surface area (Å²) in [7, 11) is 0. The van der Waals surface area contributed by atoms with Crippen molar-refractivity contribution in [3.8, 4) is 0 Å². The molecule has 2 rings (SSSR count). The number of hydrogen-bond acceptors (Lipinski definition) is 3. The maximum Gasteiger partial charge on any atom is 0.122 e. The first-order valence-corrected chi connectivity index (χ1v) is 4.65. The lowest BCUT2D eigenvalue weighted by atomic mass is 10.0. The average molecular weight is 180 g/mol. The summed E-state index contributed by atoms with van der Waals surface area (Å²) < 4.78 is 5.34. The number of nitrogens with one attached hydrogen (secondary N) is 1. The zero-order valence-electron chi connectivity index (χ0n) is 8.08. The third-order valence-electron chi connectivity index (χ3n) is 3.02. The van der Waals surface area contributed by atoms with Crippen molar-refractivity contribution >= 4 is 0 Å². The van der Waals surface area contributed by atoms with Crippen LogP contribution in [0.4, 0.5) is 0 Å². The maximum absolute atomic E-state index is 5.52. The molecule has 1 aromatic rings. The predicted octanol–water partition coefficient (Wildman–Crippen LogP) is 1.83. The summed E-state index contributed by atoms with van der Waals surface area (Å²) in [4.78, 5) is 0. The molecular weight excluding hydrogens is 164 g/mol. The molecule has 0 radical (unpaired) electrons. The first-order chi connectivity index (χ1) is 6.15. The highest BCUT2D eigenvalue weighted by atomic mass is 16.3. The van der Waals surface area contributed by atoms with Crippen molar-refractivity contribution in [1.82, 2.24) is 5.43 Å². The normalized spacial score (nSPS) is 27.2. The Kier molecular flexibility index (Phi) is 1.93. The van der Waals surface area contributed by atoms with E-state index in [9.17, 15) is 0 Å². The van der Waals surface area contributed by atoms with E-state index in [1.54, 1.807) is 6.26 Å². The second kappa shape index (κ2) is 2.86. The van der Waals surface area contributed by atoms with Gasteiger partial charge in [0.2, 0.25) is 0 Å². The Bertz CT molecular complexity index is 279. The van der Waals surface area contributed by atoms with Crippen LogP contribution in [0.25, 0.3) is 0 Å². The molecule has 3 nitrogen and oxygen atoms in total. The summed E-state index contributed by atoms with van der Waals surface area (Å²) in [5.41, 5.74) is 3.23. The van der Waals surface area contributed by atoms with Crippen molar-refractivity contribution in [3.05, 3.63) is 24.2 Å². The van der Waals surface area contributed by atoms with Gasteiger partial charge in [-0.05, 0) is 29.9 Å². The van der Waals surface area contributed by atoms with Gasteiger partial charge in [0.1, 0.15) is 5.76 Å². The van der Waals surface area contributed by atoms with E-state index in [1.165, 1.54) is 6.42 Å². The van der Waals surface area contributed by atoms with E-state index in [2.05, 4.69) is 19.3 Å². The third-order valence-corrected chi connectivity index (χ3v) is 3.02. The highest BCUT2D eigenvalue weighted by molar-refractivity contribution is 5.12. The van der Waals surface area contributed by atoms with Crippen LogP contribution in [0.15, 0.2) is 22.8 Å².